The first-order valence-electron chi connectivity index (χ1n) is 10.8. The van der Waals surface area contributed by atoms with Crippen LogP contribution in [-0.2, 0) is 6.54 Å². The smallest absolute Gasteiger partial charge is 0.251 e. The summed E-state index contributed by atoms with van der Waals surface area (Å²) < 4.78 is 14.0. The van der Waals surface area contributed by atoms with Gasteiger partial charge in [0.15, 0.2) is 0 Å². The van der Waals surface area contributed by atoms with Crippen molar-refractivity contribution in [1.29, 1.82) is 0 Å². The summed E-state index contributed by atoms with van der Waals surface area (Å²) in [5.41, 5.74) is 3.90. The number of aromatic nitrogens is 3. The van der Waals surface area contributed by atoms with Gasteiger partial charge in [-0.25, -0.2) is 4.39 Å². The van der Waals surface area contributed by atoms with Crippen molar-refractivity contribution in [2.75, 3.05) is 13.1 Å². The fourth-order valence-corrected chi connectivity index (χ4v) is 4.34. The lowest BCUT2D eigenvalue weighted by Crippen LogP contribution is -2.47. The summed E-state index contributed by atoms with van der Waals surface area (Å²) in [5, 5.41) is 11.5. The maximum absolute atomic E-state index is 14.0. The number of rotatable bonds is 5. The number of carbonyl (C=O) groups is 1. The van der Waals surface area contributed by atoms with Gasteiger partial charge in [-0.05, 0) is 55.8 Å². The number of hydrogen-bond donors (Lipinski definition) is 2. The van der Waals surface area contributed by atoms with Gasteiger partial charge in [-0.3, -0.25) is 19.8 Å². The number of hydrogen-bond acceptors (Lipinski definition) is 4. The van der Waals surface area contributed by atoms with Crippen LogP contribution in [0.5, 0.6) is 0 Å². The molecule has 32 heavy (non-hydrogen) atoms. The monoisotopic (exact) mass is 429 g/mol. The van der Waals surface area contributed by atoms with Crippen LogP contribution in [0.25, 0.3) is 22.2 Å². The zero-order chi connectivity index (χ0) is 21.9. The fraction of sp³-hybridized carbons (Fsp3) is 0.240. The largest absolute Gasteiger partial charge is 0.348 e. The molecule has 3 heterocycles. The van der Waals surface area contributed by atoms with Gasteiger partial charge in [-0.15, -0.1) is 0 Å². The second-order valence-electron chi connectivity index (χ2n) is 8.21. The van der Waals surface area contributed by atoms with E-state index in [9.17, 15) is 9.18 Å². The summed E-state index contributed by atoms with van der Waals surface area (Å²) in [6.07, 6.45) is 5.33. The van der Waals surface area contributed by atoms with Crippen LogP contribution in [0.15, 0.2) is 67.0 Å². The standard InChI is InChI=1S/C25H24FN5O/c26-22-6-2-1-4-19(22)15-31-13-3-5-20(16-31)28-25(32)18-7-8-23-21(14-18)24(30-29-23)17-9-11-27-12-10-17/h1-2,4,6-12,14,20H,3,5,13,15-16H2,(H,28,32)(H,29,30)/t20-/m0/s1. The highest BCUT2D eigenvalue weighted by Crippen LogP contribution is 2.26. The summed E-state index contributed by atoms with van der Waals surface area (Å²) in [6.45, 7) is 2.16. The molecule has 2 N–H and O–H groups in total. The highest BCUT2D eigenvalue weighted by atomic mass is 19.1. The molecule has 0 saturated carbocycles. The maximum atomic E-state index is 14.0. The van der Waals surface area contributed by atoms with Crippen LogP contribution in [-0.4, -0.2) is 45.1 Å². The van der Waals surface area contributed by atoms with Crippen molar-refractivity contribution in [2.24, 2.45) is 0 Å². The normalized spacial score (nSPS) is 16.8. The maximum Gasteiger partial charge on any atom is 0.251 e. The Bertz CT molecular complexity index is 1240. The van der Waals surface area contributed by atoms with Gasteiger partial charge in [0, 0.05) is 53.6 Å². The molecule has 1 amide bonds. The Morgan fingerprint density at radius 1 is 1.16 bits per heavy atom. The highest BCUT2D eigenvalue weighted by Gasteiger charge is 2.23. The third kappa shape index (κ3) is 4.24. The van der Waals surface area contributed by atoms with Gasteiger partial charge in [0.25, 0.3) is 5.91 Å². The molecule has 7 heteroatoms. The van der Waals surface area contributed by atoms with Crippen LogP contribution in [0.4, 0.5) is 4.39 Å². The van der Waals surface area contributed by atoms with Gasteiger partial charge < -0.3 is 5.32 Å². The van der Waals surface area contributed by atoms with Crippen molar-refractivity contribution in [1.82, 2.24) is 25.4 Å². The zero-order valence-corrected chi connectivity index (χ0v) is 17.6. The van der Waals surface area contributed by atoms with E-state index < -0.39 is 0 Å². The van der Waals surface area contributed by atoms with E-state index in [0.29, 0.717) is 24.2 Å². The quantitative estimate of drug-likeness (QED) is 0.500. The number of nitrogens with zero attached hydrogens (tertiary/aromatic N) is 3. The number of amides is 1. The number of carbonyl (C=O) groups excluding carboxylic acids is 1. The second-order valence-corrected chi connectivity index (χ2v) is 8.21. The van der Waals surface area contributed by atoms with Crippen LogP contribution in [0.3, 0.4) is 0 Å². The Balaban J connectivity index is 1.30. The molecule has 1 atom stereocenters. The molecular weight excluding hydrogens is 405 g/mol. The lowest BCUT2D eigenvalue weighted by Gasteiger charge is -2.33. The molecule has 1 saturated heterocycles. The summed E-state index contributed by atoms with van der Waals surface area (Å²) in [7, 11) is 0. The predicted octanol–water partition coefficient (Wildman–Crippen LogP) is 4.16. The minimum atomic E-state index is -0.183. The van der Waals surface area contributed by atoms with Crippen molar-refractivity contribution >= 4 is 16.8 Å². The third-order valence-corrected chi connectivity index (χ3v) is 5.97. The first-order chi connectivity index (χ1) is 15.7. The summed E-state index contributed by atoms with van der Waals surface area (Å²) in [4.78, 5) is 19.3. The van der Waals surface area contributed by atoms with E-state index >= 15 is 0 Å². The van der Waals surface area contributed by atoms with Crippen molar-refractivity contribution in [3.63, 3.8) is 0 Å². The van der Waals surface area contributed by atoms with E-state index in [2.05, 4.69) is 25.4 Å². The lowest BCUT2D eigenvalue weighted by atomic mass is 10.0. The van der Waals surface area contributed by atoms with Gasteiger partial charge in [0.05, 0.1) is 5.52 Å². The Morgan fingerprint density at radius 3 is 2.84 bits per heavy atom. The van der Waals surface area contributed by atoms with Crippen LogP contribution < -0.4 is 5.32 Å². The molecule has 1 aliphatic heterocycles. The predicted molar refractivity (Wildman–Crippen MR) is 121 cm³/mol. The SMILES string of the molecule is O=C(N[C@H]1CCCN(Cc2ccccc2F)C1)c1ccc2[nH]nc(-c3ccncc3)c2c1. The second kappa shape index (κ2) is 8.88. The molecule has 0 spiro atoms. The van der Waals surface area contributed by atoms with Crippen molar-refractivity contribution < 1.29 is 9.18 Å². The average Bonchev–Trinajstić information content (AvgIpc) is 3.25. The van der Waals surface area contributed by atoms with E-state index in [0.717, 1.165) is 41.5 Å². The van der Waals surface area contributed by atoms with E-state index in [4.69, 9.17) is 0 Å². The Hall–Kier alpha value is -3.58. The number of H-pyrrole nitrogens is 1. The fourth-order valence-electron chi connectivity index (χ4n) is 4.34. The molecule has 0 bridgehead atoms. The van der Waals surface area contributed by atoms with Crippen molar-refractivity contribution in [3.8, 4) is 11.3 Å². The summed E-state index contributed by atoms with van der Waals surface area (Å²) in [5.74, 6) is -0.288. The first kappa shape index (κ1) is 20.3. The van der Waals surface area contributed by atoms with Gasteiger partial charge in [0.1, 0.15) is 11.5 Å². The summed E-state index contributed by atoms with van der Waals surface area (Å²) >= 11 is 0. The highest BCUT2D eigenvalue weighted by molar-refractivity contribution is 6.01. The molecule has 6 nitrogen and oxygen atoms in total. The minimum absolute atomic E-state index is 0.0303. The first-order valence-corrected chi connectivity index (χ1v) is 10.8. The Labute approximate surface area is 185 Å². The number of fused-ring (bicyclic) bond motifs is 1. The van der Waals surface area contributed by atoms with Crippen LogP contribution in [0, 0.1) is 5.82 Å². The molecule has 162 valence electrons. The van der Waals surface area contributed by atoms with Crippen LogP contribution >= 0.6 is 0 Å². The van der Waals surface area contributed by atoms with Gasteiger partial charge >= 0.3 is 0 Å². The van der Waals surface area contributed by atoms with Crippen molar-refractivity contribution in [2.45, 2.75) is 25.4 Å². The van der Waals surface area contributed by atoms with Crippen LogP contribution in [0.1, 0.15) is 28.8 Å². The van der Waals surface area contributed by atoms with E-state index in [-0.39, 0.29) is 17.8 Å². The molecule has 0 unspecified atom stereocenters. The van der Waals surface area contributed by atoms with Gasteiger partial charge in [-0.2, -0.15) is 5.10 Å². The van der Waals surface area contributed by atoms with Gasteiger partial charge in [0.2, 0.25) is 0 Å². The molecule has 2 aromatic carbocycles. The minimum Gasteiger partial charge on any atom is -0.348 e. The number of halogens is 1. The molecule has 2 aromatic heterocycles. The number of piperidine rings is 1. The number of aromatic amines is 1. The van der Waals surface area contributed by atoms with E-state index in [1.807, 2.05) is 42.5 Å². The number of likely N-dealkylation sites (tertiary alicyclic amines) is 1. The van der Waals surface area contributed by atoms with Gasteiger partial charge in [-0.1, -0.05) is 18.2 Å². The summed E-state index contributed by atoms with van der Waals surface area (Å²) in [6, 6.07) is 16.3. The topological polar surface area (TPSA) is 73.9 Å². The number of pyridine rings is 1. The number of nitrogens with one attached hydrogen (secondary N) is 2. The third-order valence-electron chi connectivity index (χ3n) is 5.97. The molecule has 0 aliphatic carbocycles. The van der Waals surface area contributed by atoms with E-state index in [1.165, 1.54) is 6.07 Å². The number of benzene rings is 2. The molecule has 1 aliphatic rings. The molecule has 1 fully saturated rings. The Morgan fingerprint density at radius 2 is 2.00 bits per heavy atom. The molecule has 0 radical (unpaired) electrons. The van der Waals surface area contributed by atoms with Crippen LogP contribution in [0.2, 0.25) is 0 Å². The zero-order valence-electron chi connectivity index (χ0n) is 17.6. The molecular formula is C25H24FN5O. The van der Waals surface area contributed by atoms with E-state index in [1.54, 1.807) is 18.5 Å². The lowest BCUT2D eigenvalue weighted by molar-refractivity contribution is 0.0900. The average molecular weight is 429 g/mol. The molecule has 5 rings (SSSR count). The van der Waals surface area contributed by atoms with Crippen molar-refractivity contribution in [3.05, 3.63) is 83.9 Å². The molecule has 4 aromatic rings. The Kier molecular flexibility index (Phi) is 5.64.